The molecule has 0 bridgehead atoms. The zero-order valence-corrected chi connectivity index (χ0v) is 8.61. The Morgan fingerprint density at radius 1 is 1.33 bits per heavy atom. The topological polar surface area (TPSA) is 34.1 Å². The van der Waals surface area contributed by atoms with Crippen LogP contribution in [0, 0.1) is 0 Å². The van der Waals surface area contributed by atoms with Crippen LogP contribution in [0.3, 0.4) is 0 Å². The molecule has 0 unspecified atom stereocenters. The third-order valence-electron chi connectivity index (χ3n) is 0.984. The molecule has 0 amide bonds. The van der Waals surface area contributed by atoms with E-state index in [-0.39, 0.29) is 10.2 Å². The molecule has 0 radical (unpaired) electrons. The molecule has 0 aliphatic carbocycles. The van der Waals surface area contributed by atoms with Crippen LogP contribution in [0.15, 0.2) is 0 Å². The monoisotopic (exact) mass is 177 g/mol. The molecule has 0 spiro atoms. The van der Waals surface area contributed by atoms with Crippen molar-refractivity contribution in [2.24, 2.45) is 0 Å². The first-order valence-electron chi connectivity index (χ1n) is 2.97. The Labute approximate surface area is 64.7 Å². The predicted molar refractivity (Wildman–Crippen MR) is 29.5 cm³/mol. The maximum atomic E-state index is 10.4. The fraction of sp³-hybridized carbons (Fsp3) is 0.667. The van der Waals surface area contributed by atoms with Crippen LogP contribution >= 0.6 is 0 Å². The standard InChI is InChI=1S/C6H9O2.Zn/c1-6(8)4-2-3-5-7;/h2-4H2,1H3;. The van der Waals surface area contributed by atoms with Crippen molar-refractivity contribution >= 4 is 10.2 Å². The van der Waals surface area contributed by atoms with E-state index in [1.807, 2.05) is 0 Å². The molecule has 0 atom stereocenters. The number of carbonyl (C=O) groups excluding carboxylic acids is 2. The van der Waals surface area contributed by atoms with Gasteiger partial charge in [0.05, 0.1) is 0 Å². The Kier molecular flexibility index (Phi) is 4.79. The predicted octanol–water partition coefficient (Wildman–Crippen LogP) is 0.819. The molecule has 0 saturated carbocycles. The van der Waals surface area contributed by atoms with Crippen LogP contribution in [-0.2, 0) is 27.9 Å². The van der Waals surface area contributed by atoms with Crippen molar-refractivity contribution in [3.63, 3.8) is 0 Å². The normalized spacial score (nSPS) is 9.22. The summed E-state index contributed by atoms with van der Waals surface area (Å²) >= 11 is 0.720. The Balaban J connectivity index is 3.10. The van der Waals surface area contributed by atoms with E-state index in [1.165, 1.54) is 0 Å². The molecule has 0 N–H and O–H groups in total. The average Bonchev–Trinajstić information content (AvgIpc) is 1.63. The first-order valence-corrected chi connectivity index (χ1v) is 4.45. The van der Waals surface area contributed by atoms with Crippen LogP contribution in [0.4, 0.5) is 0 Å². The molecule has 0 aliphatic heterocycles. The Morgan fingerprint density at radius 3 is 2.22 bits per heavy atom. The van der Waals surface area contributed by atoms with E-state index in [2.05, 4.69) is 0 Å². The zero-order chi connectivity index (χ0) is 7.28. The quantitative estimate of drug-likeness (QED) is 0.598. The van der Waals surface area contributed by atoms with Crippen molar-refractivity contribution in [3.8, 4) is 0 Å². The molecular weight excluding hydrogens is 169 g/mol. The number of ketones is 1. The summed E-state index contributed by atoms with van der Waals surface area (Å²) in [6.07, 6.45) is 1.90. The fourth-order valence-corrected chi connectivity index (χ4v) is 1.06. The van der Waals surface area contributed by atoms with Gasteiger partial charge in [0.1, 0.15) is 0 Å². The SMILES string of the molecule is CC(=O)CCC[C](=O)[Zn]. The number of carbonyl (C=O) groups is 2. The summed E-state index contributed by atoms with van der Waals surface area (Å²) in [5.74, 6) is 0.177. The third-order valence-corrected chi connectivity index (χ3v) is 1.73. The fourth-order valence-electron chi connectivity index (χ4n) is 0.535. The first-order chi connectivity index (χ1) is 4.13. The summed E-state index contributed by atoms with van der Waals surface area (Å²) in [5.41, 5.74) is 0. The molecule has 9 heavy (non-hydrogen) atoms. The molecule has 0 saturated heterocycles. The third kappa shape index (κ3) is 7.96. The Bertz CT molecular complexity index is 106. The summed E-state index contributed by atoms with van der Waals surface area (Å²) < 4.78 is 0.288. The van der Waals surface area contributed by atoms with Gasteiger partial charge in [-0.05, 0) is 0 Å². The van der Waals surface area contributed by atoms with Gasteiger partial charge in [0.15, 0.2) is 0 Å². The van der Waals surface area contributed by atoms with Crippen molar-refractivity contribution in [3.05, 3.63) is 0 Å². The van der Waals surface area contributed by atoms with Crippen molar-refractivity contribution in [1.29, 1.82) is 0 Å². The van der Waals surface area contributed by atoms with E-state index in [0.717, 1.165) is 24.7 Å². The van der Waals surface area contributed by atoms with Gasteiger partial charge >= 0.3 is 64.2 Å². The number of hydrogen-bond acceptors (Lipinski definition) is 2. The van der Waals surface area contributed by atoms with E-state index in [9.17, 15) is 9.59 Å². The molecule has 0 aromatic heterocycles. The molecule has 0 rings (SSSR count). The second-order valence-corrected chi connectivity index (χ2v) is 3.75. The summed E-state index contributed by atoms with van der Waals surface area (Å²) in [6, 6.07) is 0. The van der Waals surface area contributed by atoms with Crippen molar-refractivity contribution in [2.45, 2.75) is 26.2 Å². The number of Topliss-reactive ketones (excluding diaryl/α,β-unsaturated/α-hetero) is 1. The maximum absolute atomic E-state index is 10.4. The Morgan fingerprint density at radius 2 is 1.89 bits per heavy atom. The summed E-state index contributed by atoms with van der Waals surface area (Å²) in [4.78, 5) is 20.7. The molecule has 0 fully saturated rings. The molecule has 2 nitrogen and oxygen atoms in total. The van der Waals surface area contributed by atoms with Crippen LogP contribution in [0.1, 0.15) is 26.2 Å². The summed E-state index contributed by atoms with van der Waals surface area (Å²) in [7, 11) is 0. The van der Waals surface area contributed by atoms with Gasteiger partial charge in [0, 0.05) is 0 Å². The van der Waals surface area contributed by atoms with E-state index < -0.39 is 0 Å². The zero-order valence-electron chi connectivity index (χ0n) is 5.64. The molecule has 0 heterocycles. The molecule has 0 aromatic carbocycles. The molecule has 47 valence electrons. The molecular formula is C6H9O2Zn. The van der Waals surface area contributed by atoms with Gasteiger partial charge in [-0.25, -0.2) is 0 Å². The van der Waals surface area contributed by atoms with Crippen LogP contribution in [0.5, 0.6) is 0 Å². The van der Waals surface area contributed by atoms with Gasteiger partial charge in [-0.15, -0.1) is 0 Å². The van der Waals surface area contributed by atoms with Gasteiger partial charge < -0.3 is 0 Å². The van der Waals surface area contributed by atoms with E-state index in [1.54, 1.807) is 6.92 Å². The minimum absolute atomic E-state index is 0.177. The van der Waals surface area contributed by atoms with Crippen LogP contribution < -0.4 is 0 Å². The van der Waals surface area contributed by atoms with Crippen LogP contribution in [-0.4, -0.2) is 10.2 Å². The molecule has 0 aromatic rings. The van der Waals surface area contributed by atoms with Crippen LogP contribution in [0.25, 0.3) is 0 Å². The minimum atomic E-state index is 0.177. The second-order valence-electron chi connectivity index (χ2n) is 2.09. The number of hydrogen-bond donors (Lipinski definition) is 0. The van der Waals surface area contributed by atoms with Gasteiger partial charge in [-0.1, -0.05) is 0 Å². The van der Waals surface area contributed by atoms with E-state index in [4.69, 9.17) is 0 Å². The molecule has 3 heteroatoms. The van der Waals surface area contributed by atoms with Gasteiger partial charge in [0.2, 0.25) is 0 Å². The van der Waals surface area contributed by atoms with Gasteiger partial charge in [-0.3, -0.25) is 0 Å². The molecule has 0 aliphatic rings. The van der Waals surface area contributed by atoms with Gasteiger partial charge in [0.25, 0.3) is 0 Å². The van der Waals surface area contributed by atoms with E-state index in [0.29, 0.717) is 12.8 Å². The van der Waals surface area contributed by atoms with Crippen LogP contribution in [0.2, 0.25) is 0 Å². The summed E-state index contributed by atoms with van der Waals surface area (Å²) in [6.45, 7) is 1.55. The second kappa shape index (κ2) is 4.81. The van der Waals surface area contributed by atoms with Crippen molar-refractivity contribution < 1.29 is 27.9 Å². The van der Waals surface area contributed by atoms with Crippen molar-refractivity contribution in [1.82, 2.24) is 0 Å². The summed E-state index contributed by atoms with van der Waals surface area (Å²) in [5, 5.41) is 0. The first kappa shape index (κ1) is 8.96. The van der Waals surface area contributed by atoms with Gasteiger partial charge in [-0.2, -0.15) is 0 Å². The van der Waals surface area contributed by atoms with E-state index >= 15 is 0 Å². The van der Waals surface area contributed by atoms with Crippen molar-refractivity contribution in [2.75, 3.05) is 0 Å². The Hall–Kier alpha value is -0.0366. The number of rotatable bonds is 4. The average molecular weight is 179 g/mol.